The van der Waals surface area contributed by atoms with E-state index in [-0.39, 0.29) is 5.78 Å². The average molecular weight is 198 g/mol. The van der Waals surface area contributed by atoms with E-state index in [0.29, 0.717) is 32.0 Å². The molecule has 1 aliphatic rings. The molecule has 3 nitrogen and oxygen atoms in total. The largest absolute Gasteiger partial charge is 0.490 e. The van der Waals surface area contributed by atoms with Crippen molar-refractivity contribution < 1.29 is 14.3 Å². The van der Waals surface area contributed by atoms with Gasteiger partial charge in [-0.25, -0.2) is 0 Å². The van der Waals surface area contributed by atoms with Crippen molar-refractivity contribution in [1.29, 1.82) is 0 Å². The molecule has 0 saturated heterocycles. The second kappa shape index (κ2) is 6.60. The molecular formula is C11H18O3. The van der Waals surface area contributed by atoms with Gasteiger partial charge in [-0.1, -0.05) is 0 Å². The van der Waals surface area contributed by atoms with Gasteiger partial charge in [0.25, 0.3) is 0 Å². The third-order valence-corrected chi connectivity index (χ3v) is 2.11. The fourth-order valence-electron chi connectivity index (χ4n) is 1.35. The Hall–Kier alpha value is -0.830. The molecule has 0 aromatic rings. The van der Waals surface area contributed by atoms with Crippen LogP contribution in [0.15, 0.2) is 11.8 Å². The molecule has 1 heterocycles. The number of allylic oxidation sites excluding steroid dienone is 2. The highest BCUT2D eigenvalue weighted by molar-refractivity contribution is 5.93. The van der Waals surface area contributed by atoms with Crippen molar-refractivity contribution in [3.8, 4) is 0 Å². The van der Waals surface area contributed by atoms with Crippen LogP contribution >= 0.6 is 0 Å². The number of hydrogen-bond acceptors (Lipinski definition) is 3. The first-order chi connectivity index (χ1) is 6.84. The SMILES string of the molecule is CCOCCCC(=O)C1=CCCCO1. The van der Waals surface area contributed by atoms with Gasteiger partial charge < -0.3 is 9.47 Å². The minimum Gasteiger partial charge on any atom is -0.490 e. The van der Waals surface area contributed by atoms with Gasteiger partial charge >= 0.3 is 0 Å². The molecule has 0 atom stereocenters. The van der Waals surface area contributed by atoms with E-state index in [1.807, 2.05) is 13.0 Å². The van der Waals surface area contributed by atoms with Gasteiger partial charge in [0.15, 0.2) is 11.5 Å². The second-order valence-electron chi connectivity index (χ2n) is 3.28. The van der Waals surface area contributed by atoms with E-state index >= 15 is 0 Å². The Morgan fingerprint density at radius 2 is 2.50 bits per heavy atom. The number of Topliss-reactive ketones (excluding diaryl/α,β-unsaturated/α-hetero) is 1. The standard InChI is InChI=1S/C11H18O3/c1-2-13-8-5-6-10(12)11-7-3-4-9-14-11/h7H,2-6,8-9H2,1H3. The molecule has 80 valence electrons. The molecule has 0 radical (unpaired) electrons. The minimum atomic E-state index is 0.115. The van der Waals surface area contributed by atoms with Crippen molar-refractivity contribution >= 4 is 5.78 Å². The van der Waals surface area contributed by atoms with Crippen LogP contribution in [0.25, 0.3) is 0 Å². The molecule has 14 heavy (non-hydrogen) atoms. The van der Waals surface area contributed by atoms with Crippen molar-refractivity contribution in [2.24, 2.45) is 0 Å². The normalized spacial score (nSPS) is 15.9. The topological polar surface area (TPSA) is 35.5 Å². The molecule has 1 aliphatic heterocycles. The van der Waals surface area contributed by atoms with Crippen LogP contribution in [0.1, 0.15) is 32.6 Å². The average Bonchev–Trinajstić information content (AvgIpc) is 2.25. The highest BCUT2D eigenvalue weighted by Gasteiger charge is 2.12. The lowest BCUT2D eigenvalue weighted by atomic mass is 10.1. The maximum absolute atomic E-state index is 11.5. The summed E-state index contributed by atoms with van der Waals surface area (Å²) in [5.41, 5.74) is 0. The molecule has 0 unspecified atom stereocenters. The molecule has 1 rings (SSSR count). The van der Waals surface area contributed by atoms with Crippen LogP contribution in [-0.4, -0.2) is 25.6 Å². The van der Waals surface area contributed by atoms with Crippen LogP contribution < -0.4 is 0 Å². The fraction of sp³-hybridized carbons (Fsp3) is 0.727. The molecule has 0 fully saturated rings. The molecule has 0 amide bonds. The Balaban J connectivity index is 2.17. The van der Waals surface area contributed by atoms with Crippen LogP contribution in [0.3, 0.4) is 0 Å². The third kappa shape index (κ3) is 3.92. The zero-order valence-corrected chi connectivity index (χ0v) is 8.75. The summed E-state index contributed by atoms with van der Waals surface area (Å²) in [5, 5.41) is 0. The minimum absolute atomic E-state index is 0.115. The molecule has 0 bridgehead atoms. The zero-order valence-electron chi connectivity index (χ0n) is 8.75. The van der Waals surface area contributed by atoms with Crippen molar-refractivity contribution in [2.75, 3.05) is 19.8 Å². The monoisotopic (exact) mass is 198 g/mol. The summed E-state index contributed by atoms with van der Waals surface area (Å²) in [5.74, 6) is 0.678. The predicted octanol–water partition coefficient (Wildman–Crippen LogP) is 2.07. The smallest absolute Gasteiger partial charge is 0.197 e. The molecule has 0 aromatic carbocycles. The quantitative estimate of drug-likeness (QED) is 0.613. The number of carbonyl (C=O) groups excluding carboxylic acids is 1. The van der Waals surface area contributed by atoms with Crippen LogP contribution in [0.4, 0.5) is 0 Å². The van der Waals surface area contributed by atoms with Crippen molar-refractivity contribution in [3.05, 3.63) is 11.8 Å². The zero-order chi connectivity index (χ0) is 10.2. The summed E-state index contributed by atoms with van der Waals surface area (Å²) in [6, 6.07) is 0. The summed E-state index contributed by atoms with van der Waals surface area (Å²) in [6.07, 6.45) is 5.20. The first-order valence-electron chi connectivity index (χ1n) is 5.28. The molecule has 0 aliphatic carbocycles. The Kier molecular flexibility index (Phi) is 5.30. The van der Waals surface area contributed by atoms with Gasteiger partial charge in [0.1, 0.15) is 0 Å². The maximum Gasteiger partial charge on any atom is 0.197 e. The Labute approximate surface area is 85.1 Å². The van der Waals surface area contributed by atoms with E-state index in [1.54, 1.807) is 0 Å². The van der Waals surface area contributed by atoms with Crippen LogP contribution in [0.2, 0.25) is 0 Å². The Morgan fingerprint density at radius 1 is 1.64 bits per heavy atom. The van der Waals surface area contributed by atoms with Gasteiger partial charge in [0.2, 0.25) is 0 Å². The van der Waals surface area contributed by atoms with Crippen LogP contribution in [-0.2, 0) is 14.3 Å². The van der Waals surface area contributed by atoms with Crippen molar-refractivity contribution in [3.63, 3.8) is 0 Å². The van der Waals surface area contributed by atoms with E-state index in [0.717, 1.165) is 19.3 Å². The first-order valence-corrected chi connectivity index (χ1v) is 5.28. The summed E-state index contributed by atoms with van der Waals surface area (Å²) in [4.78, 5) is 11.5. The van der Waals surface area contributed by atoms with E-state index < -0.39 is 0 Å². The first kappa shape index (κ1) is 11.2. The van der Waals surface area contributed by atoms with E-state index in [2.05, 4.69) is 0 Å². The molecule has 3 heteroatoms. The van der Waals surface area contributed by atoms with Crippen LogP contribution in [0.5, 0.6) is 0 Å². The number of carbonyl (C=O) groups is 1. The van der Waals surface area contributed by atoms with Gasteiger partial charge in [-0.3, -0.25) is 4.79 Å². The summed E-state index contributed by atoms with van der Waals surface area (Å²) in [6.45, 7) is 4.01. The van der Waals surface area contributed by atoms with Gasteiger partial charge in [-0.05, 0) is 32.3 Å². The fourth-order valence-corrected chi connectivity index (χ4v) is 1.35. The second-order valence-corrected chi connectivity index (χ2v) is 3.28. The van der Waals surface area contributed by atoms with Gasteiger partial charge in [-0.2, -0.15) is 0 Å². The lowest BCUT2D eigenvalue weighted by Crippen LogP contribution is -2.11. The molecular weight excluding hydrogens is 180 g/mol. The third-order valence-electron chi connectivity index (χ3n) is 2.11. The number of ether oxygens (including phenoxy) is 2. The lowest BCUT2D eigenvalue weighted by Gasteiger charge is -2.13. The molecule has 0 spiro atoms. The van der Waals surface area contributed by atoms with Crippen molar-refractivity contribution in [2.45, 2.75) is 32.6 Å². The summed E-state index contributed by atoms with van der Waals surface area (Å²) in [7, 11) is 0. The van der Waals surface area contributed by atoms with Crippen LogP contribution in [0, 0.1) is 0 Å². The highest BCUT2D eigenvalue weighted by atomic mass is 16.5. The van der Waals surface area contributed by atoms with E-state index in [1.165, 1.54) is 0 Å². The number of hydrogen-bond donors (Lipinski definition) is 0. The molecule has 0 saturated carbocycles. The van der Waals surface area contributed by atoms with E-state index in [4.69, 9.17) is 9.47 Å². The summed E-state index contributed by atoms with van der Waals surface area (Å²) < 4.78 is 10.4. The van der Waals surface area contributed by atoms with Gasteiger partial charge in [-0.15, -0.1) is 0 Å². The predicted molar refractivity (Wildman–Crippen MR) is 54.0 cm³/mol. The Morgan fingerprint density at radius 3 is 3.14 bits per heavy atom. The Bertz CT molecular complexity index is 209. The highest BCUT2D eigenvalue weighted by Crippen LogP contribution is 2.12. The maximum atomic E-state index is 11.5. The lowest BCUT2D eigenvalue weighted by molar-refractivity contribution is -0.119. The van der Waals surface area contributed by atoms with Crippen molar-refractivity contribution in [1.82, 2.24) is 0 Å². The van der Waals surface area contributed by atoms with Gasteiger partial charge in [0, 0.05) is 19.6 Å². The summed E-state index contributed by atoms with van der Waals surface area (Å²) >= 11 is 0. The number of ketones is 1. The number of rotatable bonds is 6. The molecule has 0 aromatic heterocycles. The van der Waals surface area contributed by atoms with E-state index in [9.17, 15) is 4.79 Å². The molecule has 0 N–H and O–H groups in total. The van der Waals surface area contributed by atoms with Gasteiger partial charge in [0.05, 0.1) is 6.61 Å².